The Kier molecular flexibility index (Phi) is 7.25. The number of hydrogen-bond acceptors (Lipinski definition) is 7. The fourth-order valence-electron chi connectivity index (χ4n) is 3.87. The predicted molar refractivity (Wildman–Crippen MR) is 121 cm³/mol. The number of carbonyl (C=O) groups excluding carboxylic acids is 1. The van der Waals surface area contributed by atoms with Crippen molar-refractivity contribution in [1.82, 2.24) is 20.2 Å². The molecule has 8 nitrogen and oxygen atoms in total. The molecule has 1 saturated heterocycles. The van der Waals surface area contributed by atoms with Gasteiger partial charge in [-0.2, -0.15) is 13.2 Å². The highest BCUT2D eigenvalue weighted by Gasteiger charge is 2.33. The van der Waals surface area contributed by atoms with E-state index < -0.39 is 17.8 Å². The molecule has 0 aromatic carbocycles. The number of halogens is 3. The highest BCUT2D eigenvalue weighted by atomic mass is 19.4. The fraction of sp³-hybridized carbons (Fsp3) is 0.375. The molecule has 11 heteroatoms. The minimum atomic E-state index is -4.65. The van der Waals surface area contributed by atoms with E-state index in [2.05, 4.69) is 25.5 Å². The minimum absolute atomic E-state index is 0.169. The van der Waals surface area contributed by atoms with Gasteiger partial charge < -0.3 is 14.8 Å². The summed E-state index contributed by atoms with van der Waals surface area (Å²) in [4.78, 5) is 20.2. The Hall–Kier alpha value is -3.60. The smallest absolute Gasteiger partial charge is 0.433 e. The van der Waals surface area contributed by atoms with Crippen molar-refractivity contribution in [3.63, 3.8) is 0 Å². The lowest BCUT2D eigenvalue weighted by Gasteiger charge is -2.24. The first-order valence-electron chi connectivity index (χ1n) is 11.2. The average molecular weight is 487 g/mol. The molecule has 1 amide bonds. The van der Waals surface area contributed by atoms with Crippen LogP contribution in [-0.4, -0.2) is 45.9 Å². The maximum Gasteiger partial charge on any atom is 0.433 e. The van der Waals surface area contributed by atoms with Crippen LogP contribution in [0.15, 0.2) is 36.7 Å². The van der Waals surface area contributed by atoms with Crippen LogP contribution >= 0.6 is 0 Å². The van der Waals surface area contributed by atoms with Crippen LogP contribution in [0.3, 0.4) is 0 Å². The maximum atomic E-state index is 13.0. The largest absolute Gasteiger partial charge is 0.477 e. The summed E-state index contributed by atoms with van der Waals surface area (Å²) in [5.74, 6) is -0.0169. The second kappa shape index (κ2) is 10.3. The first kappa shape index (κ1) is 24.5. The fourth-order valence-corrected chi connectivity index (χ4v) is 3.87. The van der Waals surface area contributed by atoms with Gasteiger partial charge in [-0.05, 0) is 56.9 Å². The molecule has 4 heterocycles. The van der Waals surface area contributed by atoms with Gasteiger partial charge in [-0.1, -0.05) is 0 Å². The van der Waals surface area contributed by atoms with Crippen LogP contribution in [0.1, 0.15) is 53.0 Å². The molecule has 0 saturated carbocycles. The zero-order valence-corrected chi connectivity index (χ0v) is 19.2. The third-order valence-corrected chi connectivity index (χ3v) is 5.66. The van der Waals surface area contributed by atoms with E-state index >= 15 is 0 Å². The van der Waals surface area contributed by atoms with Gasteiger partial charge in [-0.3, -0.25) is 14.8 Å². The Morgan fingerprint density at radius 2 is 1.94 bits per heavy atom. The normalized spacial score (nSPS) is 14.5. The molecular formula is C24H24F3N5O3. The van der Waals surface area contributed by atoms with Crippen molar-refractivity contribution in [2.24, 2.45) is 0 Å². The monoisotopic (exact) mass is 487 g/mol. The molecule has 0 unspecified atom stereocenters. The SMILES string of the molecule is CCOc1nnc(-c2cc(NC(=O)c3ccnc(C(F)(F)F)c3)cnc2C)cc1C1CCOCC1. The Labute approximate surface area is 199 Å². The second-order valence-electron chi connectivity index (χ2n) is 8.05. The second-order valence-corrected chi connectivity index (χ2v) is 8.05. The molecule has 0 atom stereocenters. The minimum Gasteiger partial charge on any atom is -0.477 e. The van der Waals surface area contributed by atoms with Crippen molar-refractivity contribution in [2.45, 2.75) is 38.8 Å². The highest BCUT2D eigenvalue weighted by Crippen LogP contribution is 2.35. The van der Waals surface area contributed by atoms with E-state index in [1.165, 1.54) is 12.3 Å². The number of pyridine rings is 2. The van der Waals surface area contributed by atoms with Gasteiger partial charge in [0.25, 0.3) is 5.91 Å². The van der Waals surface area contributed by atoms with Crippen molar-refractivity contribution < 1.29 is 27.4 Å². The lowest BCUT2D eigenvalue weighted by atomic mass is 9.91. The van der Waals surface area contributed by atoms with E-state index in [4.69, 9.17) is 9.47 Å². The topological polar surface area (TPSA) is 99.1 Å². The van der Waals surface area contributed by atoms with E-state index in [0.717, 1.165) is 24.6 Å². The number of carbonyl (C=O) groups is 1. The van der Waals surface area contributed by atoms with Crippen molar-refractivity contribution in [3.05, 3.63) is 59.2 Å². The molecule has 3 aromatic heterocycles. The summed E-state index contributed by atoms with van der Waals surface area (Å²) in [6, 6.07) is 5.51. The molecule has 3 aromatic rings. The first-order valence-corrected chi connectivity index (χ1v) is 11.2. The average Bonchev–Trinajstić information content (AvgIpc) is 2.86. The molecule has 0 aliphatic carbocycles. The van der Waals surface area contributed by atoms with Crippen molar-refractivity contribution in [2.75, 3.05) is 25.1 Å². The molecule has 184 valence electrons. The number of rotatable bonds is 6. The Morgan fingerprint density at radius 1 is 1.17 bits per heavy atom. The van der Waals surface area contributed by atoms with Gasteiger partial charge >= 0.3 is 6.18 Å². The Morgan fingerprint density at radius 3 is 2.66 bits per heavy atom. The Balaban J connectivity index is 1.63. The van der Waals surface area contributed by atoms with E-state index in [1.54, 1.807) is 13.0 Å². The maximum absolute atomic E-state index is 13.0. The quantitative estimate of drug-likeness (QED) is 0.533. The number of aryl methyl sites for hydroxylation is 1. The summed E-state index contributed by atoms with van der Waals surface area (Å²) < 4.78 is 50.0. The number of nitrogens with one attached hydrogen (secondary N) is 1. The van der Waals surface area contributed by atoms with Gasteiger partial charge in [-0.15, -0.1) is 10.2 Å². The first-order chi connectivity index (χ1) is 16.8. The molecule has 1 N–H and O–H groups in total. The van der Waals surface area contributed by atoms with Gasteiger partial charge in [-0.25, -0.2) is 0 Å². The van der Waals surface area contributed by atoms with Crippen molar-refractivity contribution in [1.29, 1.82) is 0 Å². The summed E-state index contributed by atoms with van der Waals surface area (Å²) in [5.41, 5.74) is 1.78. The molecule has 4 rings (SSSR count). The number of hydrogen-bond donors (Lipinski definition) is 1. The van der Waals surface area contributed by atoms with Gasteiger partial charge in [0.2, 0.25) is 5.88 Å². The van der Waals surface area contributed by atoms with Crippen LogP contribution in [0.2, 0.25) is 0 Å². The molecule has 35 heavy (non-hydrogen) atoms. The lowest BCUT2D eigenvalue weighted by Crippen LogP contribution is -2.16. The van der Waals surface area contributed by atoms with E-state index in [-0.39, 0.29) is 11.5 Å². The zero-order valence-electron chi connectivity index (χ0n) is 19.2. The summed E-state index contributed by atoms with van der Waals surface area (Å²) >= 11 is 0. The molecule has 0 radical (unpaired) electrons. The lowest BCUT2D eigenvalue weighted by molar-refractivity contribution is -0.141. The molecule has 1 fully saturated rings. The van der Waals surface area contributed by atoms with Gasteiger partial charge in [0.05, 0.1) is 24.2 Å². The zero-order chi connectivity index (χ0) is 25.0. The molecular weight excluding hydrogens is 463 g/mol. The molecule has 0 spiro atoms. The third-order valence-electron chi connectivity index (χ3n) is 5.66. The van der Waals surface area contributed by atoms with Gasteiger partial charge in [0, 0.05) is 41.8 Å². The Bertz CT molecular complexity index is 1210. The summed E-state index contributed by atoms with van der Waals surface area (Å²) in [7, 11) is 0. The van der Waals surface area contributed by atoms with Crippen LogP contribution in [0, 0.1) is 6.92 Å². The standard InChI is InChI=1S/C24H24F3N5O3/c1-3-35-23-19(15-5-8-34-9-6-15)12-20(31-32-23)18-11-17(13-29-14(18)2)30-22(33)16-4-7-28-21(10-16)24(25,26)27/h4,7,10-13,15H,3,5-6,8-9H2,1-2H3,(H,30,33). The van der Waals surface area contributed by atoms with Crippen molar-refractivity contribution >= 4 is 11.6 Å². The number of alkyl halides is 3. The number of amides is 1. The molecule has 1 aliphatic rings. The van der Waals surface area contributed by atoms with Crippen molar-refractivity contribution in [3.8, 4) is 17.1 Å². The summed E-state index contributed by atoms with van der Waals surface area (Å²) in [5, 5.41) is 11.2. The van der Waals surface area contributed by atoms with Crippen LogP contribution in [0.5, 0.6) is 5.88 Å². The van der Waals surface area contributed by atoms with E-state index in [9.17, 15) is 18.0 Å². The van der Waals surface area contributed by atoms with Crippen LogP contribution in [0.25, 0.3) is 11.3 Å². The van der Waals surface area contributed by atoms with E-state index in [0.29, 0.717) is 54.4 Å². The predicted octanol–water partition coefficient (Wildman–Crippen LogP) is 4.81. The van der Waals surface area contributed by atoms with E-state index in [1.807, 2.05) is 13.0 Å². The number of nitrogens with zero attached hydrogens (tertiary/aromatic N) is 4. The number of anilines is 1. The molecule has 1 aliphatic heterocycles. The highest BCUT2D eigenvalue weighted by molar-refractivity contribution is 6.04. The third kappa shape index (κ3) is 5.73. The van der Waals surface area contributed by atoms with Crippen LogP contribution in [0.4, 0.5) is 18.9 Å². The number of ether oxygens (including phenoxy) is 2. The van der Waals surface area contributed by atoms with Crippen LogP contribution in [-0.2, 0) is 10.9 Å². The van der Waals surface area contributed by atoms with Gasteiger partial charge in [0.1, 0.15) is 5.69 Å². The summed E-state index contributed by atoms with van der Waals surface area (Å²) in [6.07, 6.45) is -0.591. The number of aromatic nitrogens is 4. The van der Waals surface area contributed by atoms with Crippen LogP contribution < -0.4 is 10.1 Å². The summed E-state index contributed by atoms with van der Waals surface area (Å²) in [6.45, 7) is 5.44. The van der Waals surface area contributed by atoms with Gasteiger partial charge in [0.15, 0.2) is 0 Å². The molecule has 0 bridgehead atoms.